The number of hydrogen-bond acceptors (Lipinski definition) is 12. The van der Waals surface area contributed by atoms with Gasteiger partial charge < -0.3 is 60.0 Å². The number of hydrogen-bond donors (Lipinski definition) is 3. The maximum atomic E-state index is 15.7. The summed E-state index contributed by atoms with van der Waals surface area (Å²) >= 11 is 0. The molecule has 4 saturated heterocycles. The smallest absolute Gasteiger partial charge is 0.343 e. The molecule has 3 N–H and O–H groups in total. The van der Waals surface area contributed by atoms with Gasteiger partial charge in [0.05, 0.1) is 18.9 Å². The average Bonchev–Trinajstić information content (AvgIpc) is 1.76. The molecule has 556 valence electrons. The fourth-order valence-corrected chi connectivity index (χ4v) is 17.1. The van der Waals surface area contributed by atoms with Gasteiger partial charge in [-0.25, -0.2) is 4.39 Å². The van der Waals surface area contributed by atoms with Crippen molar-refractivity contribution in [2.45, 2.75) is 267 Å². The van der Waals surface area contributed by atoms with E-state index in [0.29, 0.717) is 77.3 Å². The zero-order valence-electron chi connectivity index (χ0n) is 60.4. The normalized spacial score (nSPS) is 31.9. The van der Waals surface area contributed by atoms with Gasteiger partial charge in [0.2, 0.25) is 70.9 Å². The number of nitrogens with zero attached hydrogens (tertiary/aromatic N) is 9. The van der Waals surface area contributed by atoms with Crippen molar-refractivity contribution in [2.75, 3.05) is 75.0 Å². The van der Waals surface area contributed by atoms with Crippen LogP contribution in [0.2, 0.25) is 0 Å². The standard InChI is InChI=1S/C71H112F4N12O12/c1-12-43(4)57-66(96)80(7)44(5)62(92)87-37-31-52(87)64(94)83(10)58(46-22-13-14-23-46)67(97)79(6)41-55(88)76-50(30-28-45-27-29-48(49(72)39-45)71(73,74)75)63(93)86-36-21-26-51(86)61(91)78-70(32-17-18-33-70)69(99)84(11)59(47-24-15-16-25-47)68(98)82(9)54(65(95)85-34-19-20-35-85)40-56(89)81(8)53(38-42(2)3)60(90)77-57/h42-54,57-59H,12-41H2,1-11H3,(H,76,88)(H,77,90)(H,78,91)/t43-,44-,45?,48?,49?,50-,51-,52-,53-,54-,57-,58-,59-/m0/s1. The fraction of sp³-hybridized carbons (Fsp3) is 0.831. The predicted molar refractivity (Wildman–Crippen MR) is 358 cm³/mol. The molecular formula is C71H112F4N12O12. The van der Waals surface area contributed by atoms with Crippen molar-refractivity contribution in [3.8, 4) is 0 Å². The summed E-state index contributed by atoms with van der Waals surface area (Å²) in [5.41, 5.74) is -1.57. The van der Waals surface area contributed by atoms with Gasteiger partial charge >= 0.3 is 6.18 Å². The molecule has 4 heterocycles. The first-order chi connectivity index (χ1) is 46.7. The number of fused-ring (bicyclic) bond motifs is 2. The third-order valence-corrected chi connectivity index (χ3v) is 23.7. The molecule has 8 fully saturated rings. The third-order valence-electron chi connectivity index (χ3n) is 23.7. The Morgan fingerprint density at radius 1 is 0.586 bits per heavy atom. The minimum Gasteiger partial charge on any atom is -0.343 e. The van der Waals surface area contributed by atoms with E-state index in [1.807, 2.05) is 20.8 Å². The lowest BCUT2D eigenvalue weighted by Crippen LogP contribution is -2.65. The highest BCUT2D eigenvalue weighted by Crippen LogP contribution is 2.43. The van der Waals surface area contributed by atoms with Gasteiger partial charge in [-0.2, -0.15) is 13.2 Å². The Morgan fingerprint density at radius 3 is 1.74 bits per heavy atom. The summed E-state index contributed by atoms with van der Waals surface area (Å²) in [6.07, 6.45) is 0.755. The van der Waals surface area contributed by atoms with E-state index >= 15 is 28.4 Å². The first-order valence-corrected chi connectivity index (χ1v) is 36.8. The number of amides is 12. The number of carbonyl (C=O) groups excluding carboxylic acids is 12. The lowest BCUT2D eigenvalue weighted by Gasteiger charge is -2.45. The molecule has 99 heavy (non-hydrogen) atoms. The van der Waals surface area contributed by atoms with Crippen LogP contribution in [0.1, 0.15) is 195 Å². The molecule has 0 radical (unpaired) electrons. The van der Waals surface area contributed by atoms with E-state index in [0.717, 1.165) is 30.6 Å². The maximum absolute atomic E-state index is 15.7. The van der Waals surface area contributed by atoms with Crippen LogP contribution < -0.4 is 16.0 Å². The molecule has 4 aliphatic heterocycles. The highest BCUT2D eigenvalue weighted by molar-refractivity contribution is 6.01. The van der Waals surface area contributed by atoms with E-state index in [2.05, 4.69) is 16.0 Å². The van der Waals surface area contributed by atoms with Crippen molar-refractivity contribution in [2.24, 2.45) is 35.5 Å². The number of nitrogens with one attached hydrogen (secondary N) is 3. The van der Waals surface area contributed by atoms with Crippen molar-refractivity contribution in [1.29, 1.82) is 0 Å². The van der Waals surface area contributed by atoms with Gasteiger partial charge in [0.1, 0.15) is 66.1 Å². The molecule has 4 saturated carbocycles. The number of carbonyl (C=O) groups is 12. The molecule has 0 aromatic carbocycles. The number of rotatable bonds is 10. The first-order valence-electron chi connectivity index (χ1n) is 36.8. The van der Waals surface area contributed by atoms with E-state index in [-0.39, 0.29) is 76.3 Å². The van der Waals surface area contributed by atoms with Crippen LogP contribution in [0, 0.1) is 35.5 Å². The van der Waals surface area contributed by atoms with Gasteiger partial charge in [-0.15, -0.1) is 0 Å². The quantitative estimate of drug-likeness (QED) is 0.239. The number of alkyl halides is 4. The summed E-state index contributed by atoms with van der Waals surface area (Å²) in [7, 11) is 8.70. The van der Waals surface area contributed by atoms with Crippen LogP contribution in [0.15, 0.2) is 0 Å². The number of likely N-dealkylation sites (N-methyl/N-ethyl adjacent to an activating group) is 6. The van der Waals surface area contributed by atoms with Crippen LogP contribution >= 0.6 is 0 Å². The van der Waals surface area contributed by atoms with Crippen LogP contribution in [0.5, 0.6) is 0 Å². The van der Waals surface area contributed by atoms with Gasteiger partial charge in [-0.3, -0.25) is 57.5 Å². The Kier molecular flexibility index (Phi) is 26.4. The largest absolute Gasteiger partial charge is 0.394 e. The summed E-state index contributed by atoms with van der Waals surface area (Å²) in [5, 5.41) is 8.78. The van der Waals surface area contributed by atoms with Gasteiger partial charge in [0.15, 0.2) is 0 Å². The van der Waals surface area contributed by atoms with Gasteiger partial charge in [0, 0.05) is 68.5 Å². The number of halogens is 4. The summed E-state index contributed by atoms with van der Waals surface area (Å²) in [6.45, 7) is 9.21. The molecule has 1 spiro atoms. The van der Waals surface area contributed by atoms with Crippen molar-refractivity contribution in [1.82, 2.24) is 60.0 Å². The molecule has 8 rings (SSSR count). The molecule has 13 atom stereocenters. The van der Waals surface area contributed by atoms with E-state index in [9.17, 15) is 46.7 Å². The second-order valence-electron chi connectivity index (χ2n) is 30.7. The second kappa shape index (κ2) is 33.4. The van der Waals surface area contributed by atoms with Crippen LogP contribution in [-0.2, 0) is 57.5 Å². The van der Waals surface area contributed by atoms with Crippen molar-refractivity contribution >= 4 is 70.9 Å². The zero-order valence-corrected chi connectivity index (χ0v) is 60.4. The van der Waals surface area contributed by atoms with Crippen LogP contribution in [0.4, 0.5) is 17.6 Å². The molecule has 12 amide bonds. The summed E-state index contributed by atoms with van der Waals surface area (Å²) in [5.74, 6) is -11.6. The molecular weight excluding hydrogens is 1290 g/mol. The van der Waals surface area contributed by atoms with Gasteiger partial charge in [0.25, 0.3) is 0 Å². The van der Waals surface area contributed by atoms with Gasteiger partial charge in [-0.1, -0.05) is 72.6 Å². The Hall–Kier alpha value is -6.64. The third kappa shape index (κ3) is 17.6. The first kappa shape index (κ1) is 78.1. The zero-order chi connectivity index (χ0) is 72.7. The monoisotopic (exact) mass is 1400 g/mol. The topological polar surface area (TPSA) is 270 Å². The van der Waals surface area contributed by atoms with E-state index in [4.69, 9.17) is 0 Å². The van der Waals surface area contributed by atoms with Crippen molar-refractivity contribution in [3.63, 3.8) is 0 Å². The van der Waals surface area contributed by atoms with E-state index in [1.54, 1.807) is 11.8 Å². The Bertz CT molecular complexity index is 2950. The Labute approximate surface area is 581 Å². The van der Waals surface area contributed by atoms with Crippen LogP contribution in [0.25, 0.3) is 0 Å². The lowest BCUT2D eigenvalue weighted by atomic mass is 9.78. The lowest BCUT2D eigenvalue weighted by molar-refractivity contribution is -0.201. The van der Waals surface area contributed by atoms with Crippen LogP contribution in [0.3, 0.4) is 0 Å². The Balaban J connectivity index is 1.16. The fourth-order valence-electron chi connectivity index (χ4n) is 17.1. The molecule has 0 aromatic rings. The van der Waals surface area contributed by atoms with Crippen LogP contribution in [-0.4, -0.2) is 262 Å². The molecule has 8 aliphatic rings. The maximum Gasteiger partial charge on any atom is 0.394 e. The molecule has 24 nitrogen and oxygen atoms in total. The minimum atomic E-state index is -4.75. The van der Waals surface area contributed by atoms with Gasteiger partial charge in [-0.05, 0) is 146 Å². The highest BCUT2D eigenvalue weighted by Gasteiger charge is 2.53. The molecule has 3 unspecified atom stereocenters. The predicted octanol–water partition coefficient (Wildman–Crippen LogP) is 5.19. The SMILES string of the molecule is CC[C@H](C)[C@@H]1NC(=O)[C@H](CC(C)C)N(C)C(=O)C[C@@H](C(=O)N2CCCC2)N(C)C(=O)[C@H](C2CCCC2)N(C)C(=O)C2(CCCC2)NC(=O)[C@@H]2CCCN2C(=O)[C@H](CCC2CCC(C(F)(F)F)C(F)C2)NC(=O)CN(C)C(=O)[C@H](C2CCCC2)N(C)C(=O)[C@@H]2CCN2C(=O)[C@H](C)N(C)C1=O. The highest BCUT2D eigenvalue weighted by atomic mass is 19.4. The Morgan fingerprint density at radius 2 is 1.18 bits per heavy atom. The molecule has 0 aromatic heterocycles. The molecule has 0 bridgehead atoms. The minimum absolute atomic E-state index is 0.00399. The van der Waals surface area contributed by atoms with E-state index in [1.165, 1.54) is 83.5 Å². The summed E-state index contributed by atoms with van der Waals surface area (Å²) < 4.78 is 56.8. The van der Waals surface area contributed by atoms with E-state index < -0.39 is 193 Å². The molecule has 28 heteroatoms. The second-order valence-corrected chi connectivity index (χ2v) is 30.7. The summed E-state index contributed by atoms with van der Waals surface area (Å²) in [4.78, 5) is 192. The summed E-state index contributed by atoms with van der Waals surface area (Å²) in [6, 6.07) is -10.8. The van der Waals surface area contributed by atoms with Crippen molar-refractivity contribution < 1.29 is 75.1 Å². The average molecular weight is 1400 g/mol. The molecule has 4 aliphatic carbocycles. The van der Waals surface area contributed by atoms with Crippen molar-refractivity contribution in [3.05, 3.63) is 0 Å². The number of likely N-dealkylation sites (tertiary alicyclic amines) is 1.